The molecule has 0 unspecified atom stereocenters. The highest BCUT2D eigenvalue weighted by Crippen LogP contribution is 2.33. The molecule has 0 aliphatic carbocycles. The molecule has 7 nitrogen and oxygen atoms in total. The fraction of sp³-hybridized carbons (Fsp3) is 0.292. The Bertz CT molecular complexity index is 1100. The van der Waals surface area contributed by atoms with Gasteiger partial charge in [-0.05, 0) is 55.2 Å². The molecule has 0 atom stereocenters. The Labute approximate surface area is 186 Å². The van der Waals surface area contributed by atoms with Crippen LogP contribution in [-0.2, 0) is 11.3 Å². The number of amides is 3. The Kier molecular flexibility index (Phi) is 6.79. The van der Waals surface area contributed by atoms with Gasteiger partial charge in [0.25, 0.3) is 0 Å². The third-order valence-electron chi connectivity index (χ3n) is 5.54. The van der Waals surface area contributed by atoms with E-state index in [-0.39, 0.29) is 24.8 Å². The lowest BCUT2D eigenvalue weighted by atomic mass is 10.1. The molecule has 1 saturated heterocycles. The molecule has 1 aliphatic rings. The van der Waals surface area contributed by atoms with Crippen LogP contribution < -0.4 is 20.9 Å². The Morgan fingerprint density at radius 3 is 2.50 bits per heavy atom. The lowest BCUT2D eigenvalue weighted by Gasteiger charge is -2.30. The highest BCUT2D eigenvalue weighted by molar-refractivity contribution is 6.07. The van der Waals surface area contributed by atoms with Gasteiger partial charge < -0.3 is 20.9 Å². The lowest BCUT2D eigenvalue weighted by Crippen LogP contribution is -2.39. The maximum atomic E-state index is 12.9. The Balaban J connectivity index is 1.35. The molecular weight excluding hydrogens is 409 g/mol. The molecule has 0 radical (unpaired) electrons. The summed E-state index contributed by atoms with van der Waals surface area (Å²) >= 11 is 0. The van der Waals surface area contributed by atoms with E-state index in [4.69, 9.17) is 0 Å². The van der Waals surface area contributed by atoms with Gasteiger partial charge in [-0.2, -0.15) is 0 Å². The summed E-state index contributed by atoms with van der Waals surface area (Å²) in [6.45, 7) is 2.12. The minimum absolute atomic E-state index is 0.176. The number of fused-ring (bicyclic) bond motifs is 1. The van der Waals surface area contributed by atoms with Gasteiger partial charge in [-0.1, -0.05) is 12.1 Å². The number of rotatable bonds is 6. The van der Waals surface area contributed by atoms with Gasteiger partial charge in [0, 0.05) is 48.5 Å². The van der Waals surface area contributed by atoms with Gasteiger partial charge in [0.05, 0.1) is 12.2 Å². The molecule has 0 bridgehead atoms. The van der Waals surface area contributed by atoms with E-state index in [9.17, 15) is 14.0 Å². The third kappa shape index (κ3) is 5.32. The van der Waals surface area contributed by atoms with Crippen molar-refractivity contribution in [1.29, 1.82) is 0 Å². The largest absolute Gasteiger partial charge is 0.371 e. The zero-order valence-electron chi connectivity index (χ0n) is 17.7. The quantitative estimate of drug-likeness (QED) is 0.550. The van der Waals surface area contributed by atoms with E-state index in [1.807, 2.05) is 18.2 Å². The molecule has 3 N–H and O–H groups in total. The standard InChI is InChI=1S/C24H26FN5O2/c25-18-6-4-17(5-7-18)14-27-24(32)28-16-23(31)29-21-8-9-22(30-12-2-1-3-13-30)19-10-11-26-15-20(19)21/h4-11,15H,1-3,12-14,16H2,(H,29,31)(H2,27,28,32). The molecule has 3 aromatic rings. The SMILES string of the molecule is O=C(CNC(=O)NCc1ccc(F)cc1)Nc1ccc(N2CCCCC2)c2ccncc12. The summed E-state index contributed by atoms with van der Waals surface area (Å²) < 4.78 is 12.9. The van der Waals surface area contributed by atoms with Crippen LogP contribution in [0.4, 0.5) is 20.6 Å². The highest BCUT2D eigenvalue weighted by Gasteiger charge is 2.16. The number of piperidine rings is 1. The summed E-state index contributed by atoms with van der Waals surface area (Å²) in [7, 11) is 0. The number of halogens is 1. The second kappa shape index (κ2) is 10.1. The lowest BCUT2D eigenvalue weighted by molar-refractivity contribution is -0.115. The van der Waals surface area contributed by atoms with E-state index in [1.54, 1.807) is 24.5 Å². The smallest absolute Gasteiger partial charge is 0.315 e. The first kappa shape index (κ1) is 21.5. The number of pyridine rings is 1. The second-order valence-electron chi connectivity index (χ2n) is 7.81. The van der Waals surface area contributed by atoms with Crippen LogP contribution in [0, 0.1) is 5.82 Å². The molecule has 1 aromatic heterocycles. The number of nitrogens with zero attached hydrogens (tertiary/aromatic N) is 2. The van der Waals surface area contributed by atoms with Crippen LogP contribution in [0.2, 0.25) is 0 Å². The number of hydrogen-bond acceptors (Lipinski definition) is 4. The molecule has 0 saturated carbocycles. The van der Waals surface area contributed by atoms with Crippen molar-refractivity contribution >= 4 is 34.1 Å². The van der Waals surface area contributed by atoms with Gasteiger partial charge in [0.1, 0.15) is 5.82 Å². The third-order valence-corrected chi connectivity index (χ3v) is 5.54. The highest BCUT2D eigenvalue weighted by atomic mass is 19.1. The number of carbonyl (C=O) groups is 2. The first-order valence-corrected chi connectivity index (χ1v) is 10.8. The van der Waals surface area contributed by atoms with E-state index in [0.29, 0.717) is 5.69 Å². The predicted octanol–water partition coefficient (Wildman–Crippen LogP) is 3.80. The van der Waals surface area contributed by atoms with Gasteiger partial charge in [0.15, 0.2) is 0 Å². The maximum absolute atomic E-state index is 12.9. The molecule has 2 heterocycles. The van der Waals surface area contributed by atoms with Crippen LogP contribution in [0.5, 0.6) is 0 Å². The Morgan fingerprint density at radius 2 is 1.72 bits per heavy atom. The van der Waals surface area contributed by atoms with Crippen molar-refractivity contribution in [3.05, 3.63) is 66.2 Å². The number of benzene rings is 2. The summed E-state index contributed by atoms with van der Waals surface area (Å²) in [6.07, 6.45) is 7.13. The minimum Gasteiger partial charge on any atom is -0.371 e. The predicted molar refractivity (Wildman–Crippen MR) is 123 cm³/mol. The van der Waals surface area contributed by atoms with Gasteiger partial charge in [0.2, 0.25) is 5.91 Å². The minimum atomic E-state index is -0.476. The average Bonchev–Trinajstić information content (AvgIpc) is 2.83. The Hall–Kier alpha value is -3.68. The molecule has 8 heteroatoms. The van der Waals surface area contributed by atoms with Crippen LogP contribution in [0.15, 0.2) is 54.9 Å². The fourth-order valence-corrected chi connectivity index (χ4v) is 3.90. The maximum Gasteiger partial charge on any atom is 0.315 e. The van der Waals surface area contributed by atoms with E-state index in [2.05, 4.69) is 25.8 Å². The number of aromatic nitrogens is 1. The second-order valence-corrected chi connectivity index (χ2v) is 7.81. The Morgan fingerprint density at radius 1 is 0.938 bits per heavy atom. The van der Waals surface area contributed by atoms with Crippen molar-refractivity contribution in [3.63, 3.8) is 0 Å². The average molecular weight is 436 g/mol. The van der Waals surface area contributed by atoms with E-state index in [0.717, 1.165) is 35.1 Å². The van der Waals surface area contributed by atoms with E-state index >= 15 is 0 Å². The molecule has 1 fully saturated rings. The number of nitrogens with one attached hydrogen (secondary N) is 3. The van der Waals surface area contributed by atoms with E-state index < -0.39 is 6.03 Å². The zero-order chi connectivity index (χ0) is 22.3. The molecule has 3 amide bonds. The molecule has 0 spiro atoms. The van der Waals surface area contributed by atoms with Crippen molar-refractivity contribution in [3.8, 4) is 0 Å². The molecule has 2 aromatic carbocycles. The molecule has 32 heavy (non-hydrogen) atoms. The van der Waals surface area contributed by atoms with Crippen LogP contribution in [-0.4, -0.2) is 36.6 Å². The number of urea groups is 1. The summed E-state index contributed by atoms with van der Waals surface area (Å²) in [6, 6.07) is 11.3. The molecule has 1 aliphatic heterocycles. The summed E-state index contributed by atoms with van der Waals surface area (Å²) in [5, 5.41) is 9.96. The molecule has 4 rings (SSSR count). The fourth-order valence-electron chi connectivity index (χ4n) is 3.90. The molecule has 166 valence electrons. The van der Waals surface area contributed by atoms with Crippen molar-refractivity contribution in [2.45, 2.75) is 25.8 Å². The first-order valence-electron chi connectivity index (χ1n) is 10.8. The van der Waals surface area contributed by atoms with E-state index in [1.165, 1.54) is 31.4 Å². The van der Waals surface area contributed by atoms with Crippen LogP contribution >= 0.6 is 0 Å². The monoisotopic (exact) mass is 435 g/mol. The molecular formula is C24H26FN5O2. The van der Waals surface area contributed by atoms with Gasteiger partial charge in [-0.3, -0.25) is 9.78 Å². The summed E-state index contributed by atoms with van der Waals surface area (Å²) in [5.74, 6) is -0.667. The van der Waals surface area contributed by atoms with Gasteiger partial charge in [-0.15, -0.1) is 0 Å². The van der Waals surface area contributed by atoms with Crippen molar-refractivity contribution in [1.82, 2.24) is 15.6 Å². The van der Waals surface area contributed by atoms with Crippen LogP contribution in [0.3, 0.4) is 0 Å². The van der Waals surface area contributed by atoms with Crippen LogP contribution in [0.1, 0.15) is 24.8 Å². The first-order chi connectivity index (χ1) is 15.6. The summed E-state index contributed by atoms with van der Waals surface area (Å²) in [5.41, 5.74) is 2.57. The topological polar surface area (TPSA) is 86.4 Å². The van der Waals surface area contributed by atoms with Crippen molar-refractivity contribution in [2.24, 2.45) is 0 Å². The van der Waals surface area contributed by atoms with Gasteiger partial charge in [-0.25, -0.2) is 9.18 Å². The summed E-state index contributed by atoms with van der Waals surface area (Å²) in [4.78, 5) is 31.0. The van der Waals surface area contributed by atoms with Crippen molar-refractivity contribution in [2.75, 3.05) is 29.9 Å². The number of hydrogen-bond donors (Lipinski definition) is 3. The number of anilines is 2. The number of carbonyl (C=O) groups excluding carboxylic acids is 2. The normalized spacial score (nSPS) is 13.6. The zero-order valence-corrected chi connectivity index (χ0v) is 17.7. The van der Waals surface area contributed by atoms with Crippen molar-refractivity contribution < 1.29 is 14.0 Å². The van der Waals surface area contributed by atoms with Crippen LogP contribution in [0.25, 0.3) is 10.8 Å². The van der Waals surface area contributed by atoms with Gasteiger partial charge >= 0.3 is 6.03 Å².